The van der Waals surface area contributed by atoms with Crippen molar-refractivity contribution in [1.29, 1.82) is 7.93 Å². The van der Waals surface area contributed by atoms with Gasteiger partial charge in [0.05, 0.1) is 0 Å². The van der Waals surface area contributed by atoms with E-state index in [0.717, 1.165) is 29.4 Å². The van der Waals surface area contributed by atoms with E-state index in [9.17, 15) is 4.79 Å². The average Bonchev–Trinajstić information content (AvgIpc) is 2.55. The zero-order valence-electron chi connectivity index (χ0n) is 14.7. The SMILES string of the molecule is [2H]B(C)SOc1ccc(C=CC=C(C#N)C(N)=O)cc1OSB([2H])C. The molecule has 1 amide bonds. The maximum absolute atomic E-state index is 11.0. The summed E-state index contributed by atoms with van der Waals surface area (Å²) < 4.78 is 26.0. The molecule has 5 nitrogen and oxygen atoms in total. The van der Waals surface area contributed by atoms with Crippen molar-refractivity contribution in [3.05, 3.63) is 41.5 Å². The van der Waals surface area contributed by atoms with Gasteiger partial charge in [0.25, 0.3) is 5.91 Å². The van der Waals surface area contributed by atoms with Crippen molar-refractivity contribution in [1.82, 2.24) is 0 Å². The van der Waals surface area contributed by atoms with Gasteiger partial charge in [-0.3, -0.25) is 4.79 Å². The van der Waals surface area contributed by atoms with Gasteiger partial charge in [-0.05, 0) is 50.2 Å². The normalized spacial score (nSPS) is 12.1. The van der Waals surface area contributed by atoms with Gasteiger partial charge in [0.15, 0.2) is 11.5 Å². The number of carbonyl (C=O) groups excluding carboxylic acids is 1. The number of primary amides is 1. The van der Waals surface area contributed by atoms with E-state index in [1.54, 1.807) is 44.0 Å². The minimum absolute atomic E-state index is 0.146. The fraction of sp³-hybridized carbons (Fsp3) is 0.143. The Bertz CT molecular complexity index is 710. The maximum Gasteiger partial charge on any atom is 0.259 e. The molecule has 0 atom stereocenters. The number of nitrogens with two attached hydrogens (primary N) is 1. The molecule has 2 N–H and O–H groups in total. The van der Waals surface area contributed by atoms with Gasteiger partial charge >= 0.3 is 0 Å². The first-order valence-corrected chi connectivity index (χ1v) is 8.18. The summed E-state index contributed by atoms with van der Waals surface area (Å²) >= 11 is 1.95. The quantitative estimate of drug-likeness (QED) is 0.243. The molecule has 0 aromatic heterocycles. The second-order valence-electron chi connectivity index (χ2n) is 3.95. The number of benzene rings is 1. The van der Waals surface area contributed by atoms with E-state index >= 15 is 0 Å². The van der Waals surface area contributed by atoms with Crippen molar-refractivity contribution in [3.63, 3.8) is 0 Å². The topological polar surface area (TPSA) is 85.3 Å². The molecule has 0 saturated heterocycles. The number of nitriles is 1. The van der Waals surface area contributed by atoms with Gasteiger partial charge in [-0.2, -0.15) is 5.26 Å². The van der Waals surface area contributed by atoms with Crippen LogP contribution in [-0.2, 0) is 4.79 Å². The molecule has 0 unspecified atom stereocenters. The third kappa shape index (κ3) is 6.80. The van der Waals surface area contributed by atoms with E-state index in [1.165, 1.54) is 12.2 Å². The van der Waals surface area contributed by atoms with Gasteiger partial charge in [0.1, 0.15) is 11.6 Å². The Morgan fingerprint density at radius 1 is 1.35 bits per heavy atom. The number of amides is 1. The van der Waals surface area contributed by atoms with Crippen LogP contribution in [0.3, 0.4) is 0 Å². The van der Waals surface area contributed by atoms with Crippen LogP contribution < -0.4 is 14.1 Å². The van der Waals surface area contributed by atoms with Crippen LogP contribution in [-0.4, -0.2) is 21.6 Å². The molecule has 0 spiro atoms. The monoisotopic (exact) mass is 348 g/mol. The summed E-state index contributed by atoms with van der Waals surface area (Å²) in [5.41, 5.74) is 5.65. The Balaban J connectivity index is 2.99. The Hall–Kier alpha value is -1.91. The molecule has 0 saturated carbocycles. The lowest BCUT2D eigenvalue weighted by atomic mass is 10.1. The second kappa shape index (κ2) is 10.8. The lowest BCUT2D eigenvalue weighted by molar-refractivity contribution is -0.114. The summed E-state index contributed by atoms with van der Waals surface area (Å²) in [4.78, 5) is 11.0. The first-order valence-electron chi connectivity index (χ1n) is 7.72. The standard InChI is InChI=1S/C14H16B2N2O3S2/c1-15-22-20-12-7-6-10(8-13(12)21-23-16-2)4-3-5-11(9-17)14(18)19/h3-8,15-16H,1-2H3,(H2,18,19)/i15D,16D. The van der Waals surface area contributed by atoms with Crippen molar-refractivity contribution in [2.75, 3.05) is 0 Å². The molecule has 0 aliphatic rings. The molecule has 1 rings (SSSR count). The average molecular weight is 348 g/mol. The fourth-order valence-electron chi connectivity index (χ4n) is 1.39. The third-order valence-electron chi connectivity index (χ3n) is 2.37. The largest absolute Gasteiger partial charge is 0.434 e. The highest BCUT2D eigenvalue weighted by molar-refractivity contribution is 8.19. The minimum atomic E-state index is -0.790. The van der Waals surface area contributed by atoms with E-state index < -0.39 is 18.9 Å². The number of hydrogen-bond acceptors (Lipinski definition) is 6. The van der Waals surface area contributed by atoms with Gasteiger partial charge < -0.3 is 14.1 Å². The van der Waals surface area contributed by atoms with E-state index in [-0.39, 0.29) is 5.57 Å². The highest BCUT2D eigenvalue weighted by Crippen LogP contribution is 2.33. The molecule has 0 fully saturated rings. The van der Waals surface area contributed by atoms with Crippen LogP contribution in [0.2, 0.25) is 13.6 Å². The predicted octanol–water partition coefficient (Wildman–Crippen LogP) is 2.49. The van der Waals surface area contributed by atoms with E-state index in [0.29, 0.717) is 11.5 Å². The molecular formula is C14H16B2N2O3S2. The third-order valence-corrected chi connectivity index (χ3v) is 3.31. The lowest BCUT2D eigenvalue weighted by Gasteiger charge is -2.10. The lowest BCUT2D eigenvalue weighted by Crippen LogP contribution is -2.12. The second-order valence-corrected chi connectivity index (χ2v) is 5.61. The molecular weight excluding hydrogens is 330 g/mol. The molecule has 0 aliphatic carbocycles. The maximum atomic E-state index is 11.0. The van der Waals surface area contributed by atoms with Crippen molar-refractivity contribution >= 4 is 48.8 Å². The Morgan fingerprint density at radius 3 is 2.57 bits per heavy atom. The molecule has 9 heteroatoms. The molecule has 0 bridgehead atoms. The first kappa shape index (κ1) is 16.0. The van der Waals surface area contributed by atoms with E-state index in [1.807, 2.05) is 0 Å². The summed E-state index contributed by atoms with van der Waals surface area (Å²) in [5, 5.41) is 8.77. The fourth-order valence-corrected chi connectivity index (χ4v) is 2.06. The van der Waals surface area contributed by atoms with Crippen LogP contribution in [0.15, 0.2) is 35.9 Å². The molecule has 23 heavy (non-hydrogen) atoms. The number of carbonyl (C=O) groups is 1. The van der Waals surface area contributed by atoms with Crippen LogP contribution >= 0.6 is 23.8 Å². The first-order chi connectivity index (χ1) is 11.8. The molecule has 118 valence electrons. The smallest absolute Gasteiger partial charge is 0.259 e. The zero-order valence-corrected chi connectivity index (χ0v) is 14.3. The Kier molecular flexibility index (Phi) is 7.47. The van der Waals surface area contributed by atoms with Gasteiger partial charge in [0, 0.05) is 0 Å². The minimum Gasteiger partial charge on any atom is -0.434 e. The molecule has 0 heterocycles. The van der Waals surface area contributed by atoms with Gasteiger partial charge in [0.2, 0.25) is 13.0 Å². The molecule has 0 radical (unpaired) electrons. The van der Waals surface area contributed by atoms with E-state index in [2.05, 4.69) is 0 Å². The molecule has 1 aromatic rings. The van der Waals surface area contributed by atoms with Crippen LogP contribution in [0.25, 0.3) is 6.08 Å². The number of rotatable bonds is 9. The van der Waals surface area contributed by atoms with Crippen molar-refractivity contribution in [2.45, 2.75) is 13.6 Å². The zero-order chi connectivity index (χ0) is 18.8. The van der Waals surface area contributed by atoms with Crippen LogP contribution in [0.5, 0.6) is 11.5 Å². The van der Waals surface area contributed by atoms with E-state index in [4.69, 9.17) is 22.0 Å². The predicted molar refractivity (Wildman–Crippen MR) is 101 cm³/mol. The summed E-state index contributed by atoms with van der Waals surface area (Å²) in [6, 6.07) is 6.85. The Labute approximate surface area is 148 Å². The van der Waals surface area contributed by atoms with Crippen LogP contribution in [0, 0.1) is 11.3 Å². The van der Waals surface area contributed by atoms with Crippen LogP contribution in [0.1, 0.15) is 5.56 Å². The van der Waals surface area contributed by atoms with Crippen molar-refractivity contribution < 1.29 is 13.2 Å². The van der Waals surface area contributed by atoms with Crippen LogP contribution in [0.4, 0.5) is 0 Å². The number of hydrogen-bond donors (Lipinski definition) is 1. The van der Waals surface area contributed by atoms with Gasteiger partial charge in [-0.25, -0.2) is 0 Å². The molecule has 1 aromatic carbocycles. The van der Waals surface area contributed by atoms with Crippen molar-refractivity contribution in [3.8, 4) is 17.6 Å². The summed E-state index contributed by atoms with van der Waals surface area (Å²) in [6.45, 7) is 2.42. The highest BCUT2D eigenvalue weighted by Gasteiger charge is 2.07. The Morgan fingerprint density at radius 2 is 2.00 bits per heavy atom. The summed E-state index contributed by atoms with van der Waals surface area (Å²) in [7, 11) is 0. The van der Waals surface area contributed by atoms with Crippen molar-refractivity contribution in [2.24, 2.45) is 5.73 Å². The summed E-state index contributed by atoms with van der Waals surface area (Å²) in [6.07, 6.45) is 4.53. The number of allylic oxidation sites excluding steroid dienone is 2. The van der Waals surface area contributed by atoms with Gasteiger partial charge in [-0.1, -0.05) is 31.9 Å². The number of nitrogens with zero attached hydrogens (tertiary/aromatic N) is 1. The summed E-state index contributed by atoms with van der Waals surface area (Å²) in [5.74, 6) is 0.0703. The van der Waals surface area contributed by atoms with Gasteiger partial charge in [-0.15, -0.1) is 0 Å². The molecule has 0 aliphatic heterocycles. The highest BCUT2D eigenvalue weighted by atomic mass is 32.2.